The van der Waals surface area contributed by atoms with Crippen LogP contribution in [-0.2, 0) is 6.54 Å². The third-order valence-electron chi connectivity index (χ3n) is 2.81. The number of nitro benzene ring substituents is 1. The van der Waals surface area contributed by atoms with Crippen LogP contribution in [0.2, 0.25) is 5.02 Å². The molecule has 2 rings (SSSR count). The van der Waals surface area contributed by atoms with Gasteiger partial charge in [0.25, 0.3) is 5.69 Å². The molecule has 0 saturated carbocycles. The fourth-order valence-electron chi connectivity index (χ4n) is 1.83. The zero-order valence-electron chi connectivity index (χ0n) is 10.3. The van der Waals surface area contributed by atoms with Gasteiger partial charge in [-0.1, -0.05) is 11.6 Å². The van der Waals surface area contributed by atoms with Crippen molar-refractivity contribution in [3.8, 4) is 0 Å². The highest BCUT2D eigenvalue weighted by Gasteiger charge is 2.14. The number of hydrogen-bond donors (Lipinski definition) is 1. The van der Waals surface area contributed by atoms with Gasteiger partial charge in [0.1, 0.15) is 0 Å². The topological polar surface area (TPSA) is 55.2 Å². The maximum atomic E-state index is 10.7. The van der Waals surface area contributed by atoms with Gasteiger partial charge in [0.2, 0.25) is 0 Å². The molecule has 0 aromatic heterocycles. The second-order valence-corrected chi connectivity index (χ2v) is 7.20. The first-order chi connectivity index (χ1) is 9.16. The molecule has 1 aromatic rings. The second kappa shape index (κ2) is 7.38. The summed E-state index contributed by atoms with van der Waals surface area (Å²) in [6, 6.07) is 4.56. The molecule has 1 saturated heterocycles. The predicted molar refractivity (Wildman–Crippen MR) is 83.4 cm³/mol. The van der Waals surface area contributed by atoms with Crippen molar-refractivity contribution in [3.05, 3.63) is 38.9 Å². The molecular weight excluding hydrogens is 304 g/mol. The number of thioether (sulfide) groups is 2. The fourth-order valence-corrected chi connectivity index (χ4v) is 4.66. The van der Waals surface area contributed by atoms with Crippen molar-refractivity contribution in [2.24, 2.45) is 0 Å². The third kappa shape index (κ3) is 4.56. The largest absolute Gasteiger partial charge is 0.311 e. The van der Waals surface area contributed by atoms with E-state index < -0.39 is 4.92 Å². The summed E-state index contributed by atoms with van der Waals surface area (Å²) in [5.41, 5.74) is 0.869. The van der Waals surface area contributed by atoms with Crippen LogP contribution in [-0.4, -0.2) is 34.0 Å². The molecular formula is C12H15ClN2O2S2. The number of nitrogens with one attached hydrogen (secondary N) is 1. The van der Waals surface area contributed by atoms with Crippen molar-refractivity contribution in [2.45, 2.75) is 11.8 Å². The normalized spacial score (nSPS) is 19.3. The molecule has 1 aliphatic heterocycles. The highest BCUT2D eigenvalue weighted by atomic mass is 35.5. The van der Waals surface area contributed by atoms with E-state index in [1.165, 1.54) is 29.4 Å². The maximum Gasteiger partial charge on any atom is 0.269 e. The van der Waals surface area contributed by atoms with E-state index in [1.807, 2.05) is 23.5 Å². The van der Waals surface area contributed by atoms with E-state index in [0.29, 0.717) is 16.8 Å². The fraction of sp³-hybridized carbons (Fsp3) is 0.500. The van der Waals surface area contributed by atoms with Gasteiger partial charge in [0.15, 0.2) is 0 Å². The number of nitro groups is 1. The molecule has 1 fully saturated rings. The van der Waals surface area contributed by atoms with Crippen molar-refractivity contribution < 1.29 is 4.92 Å². The molecule has 0 bridgehead atoms. The summed E-state index contributed by atoms with van der Waals surface area (Å²) in [5.74, 6) is 3.60. The first-order valence-electron chi connectivity index (χ1n) is 5.99. The van der Waals surface area contributed by atoms with Crippen molar-refractivity contribution in [2.75, 3.05) is 23.8 Å². The lowest BCUT2D eigenvalue weighted by atomic mass is 10.2. The van der Waals surface area contributed by atoms with Gasteiger partial charge < -0.3 is 5.32 Å². The van der Waals surface area contributed by atoms with E-state index in [0.717, 1.165) is 12.1 Å². The van der Waals surface area contributed by atoms with Crippen LogP contribution in [0.25, 0.3) is 0 Å². The molecule has 1 heterocycles. The number of nitrogens with zero attached hydrogens (tertiary/aromatic N) is 1. The second-order valence-electron chi connectivity index (χ2n) is 4.23. The Morgan fingerprint density at radius 2 is 2.32 bits per heavy atom. The third-order valence-corrected chi connectivity index (χ3v) is 6.03. The van der Waals surface area contributed by atoms with Crippen LogP contribution in [0.15, 0.2) is 18.2 Å². The van der Waals surface area contributed by atoms with Crippen LogP contribution in [0.3, 0.4) is 0 Å². The van der Waals surface area contributed by atoms with E-state index in [1.54, 1.807) is 6.07 Å². The van der Waals surface area contributed by atoms with Gasteiger partial charge in [0, 0.05) is 52.8 Å². The van der Waals surface area contributed by atoms with Crippen molar-refractivity contribution in [1.82, 2.24) is 5.32 Å². The standard InChI is InChI=1S/C12H15ClN2O2S2/c13-12-2-1-10(15(16)17)5-9(12)6-14-7-11-8-18-3-4-19-11/h1-2,5,11,14H,3-4,6-8H2. The van der Waals surface area contributed by atoms with E-state index >= 15 is 0 Å². The SMILES string of the molecule is O=[N+]([O-])c1ccc(Cl)c(CNCC2CSCCS2)c1. The number of non-ortho nitro benzene ring substituents is 1. The van der Waals surface area contributed by atoms with Gasteiger partial charge in [-0.2, -0.15) is 23.5 Å². The molecule has 0 spiro atoms. The minimum atomic E-state index is -0.395. The summed E-state index contributed by atoms with van der Waals surface area (Å²) in [7, 11) is 0. The quantitative estimate of drug-likeness (QED) is 0.667. The molecule has 4 nitrogen and oxygen atoms in total. The Morgan fingerprint density at radius 3 is 3.00 bits per heavy atom. The van der Waals surface area contributed by atoms with Crippen molar-refractivity contribution in [1.29, 1.82) is 0 Å². The van der Waals surface area contributed by atoms with E-state index in [2.05, 4.69) is 5.32 Å². The summed E-state index contributed by atoms with van der Waals surface area (Å²) in [5, 5.41) is 15.3. The molecule has 0 amide bonds. The zero-order chi connectivity index (χ0) is 13.7. The van der Waals surface area contributed by atoms with Crippen LogP contribution in [0.4, 0.5) is 5.69 Å². The maximum absolute atomic E-state index is 10.7. The molecule has 1 unspecified atom stereocenters. The van der Waals surface area contributed by atoms with Gasteiger partial charge in [0.05, 0.1) is 4.92 Å². The highest BCUT2D eigenvalue weighted by molar-refractivity contribution is 8.06. The molecule has 19 heavy (non-hydrogen) atoms. The molecule has 1 N–H and O–H groups in total. The Labute approximate surface area is 125 Å². The Morgan fingerprint density at radius 1 is 1.47 bits per heavy atom. The number of rotatable bonds is 5. The zero-order valence-corrected chi connectivity index (χ0v) is 12.7. The summed E-state index contributed by atoms with van der Waals surface area (Å²) >= 11 is 10.0. The first-order valence-corrected chi connectivity index (χ1v) is 8.58. The Kier molecular flexibility index (Phi) is 5.81. The van der Waals surface area contributed by atoms with Crippen molar-refractivity contribution in [3.63, 3.8) is 0 Å². The van der Waals surface area contributed by atoms with E-state index in [9.17, 15) is 10.1 Å². The Bertz CT molecular complexity index is 453. The van der Waals surface area contributed by atoms with Crippen LogP contribution in [0.5, 0.6) is 0 Å². The van der Waals surface area contributed by atoms with Gasteiger partial charge >= 0.3 is 0 Å². The molecule has 7 heteroatoms. The Balaban J connectivity index is 1.87. The number of benzene rings is 1. The Hall–Kier alpha value is -0.430. The lowest BCUT2D eigenvalue weighted by molar-refractivity contribution is -0.384. The smallest absolute Gasteiger partial charge is 0.269 e. The van der Waals surface area contributed by atoms with Crippen LogP contribution >= 0.6 is 35.1 Å². The minimum absolute atomic E-state index is 0.0868. The number of halogens is 1. The molecule has 1 aliphatic rings. The lowest BCUT2D eigenvalue weighted by Gasteiger charge is -2.21. The van der Waals surface area contributed by atoms with E-state index in [4.69, 9.17) is 11.6 Å². The lowest BCUT2D eigenvalue weighted by Crippen LogP contribution is -2.28. The number of hydrogen-bond acceptors (Lipinski definition) is 5. The van der Waals surface area contributed by atoms with Crippen LogP contribution in [0, 0.1) is 10.1 Å². The summed E-state index contributed by atoms with van der Waals surface area (Å²) in [4.78, 5) is 10.3. The summed E-state index contributed by atoms with van der Waals surface area (Å²) in [6.07, 6.45) is 0. The summed E-state index contributed by atoms with van der Waals surface area (Å²) < 4.78 is 0. The predicted octanol–water partition coefficient (Wildman–Crippen LogP) is 3.19. The molecule has 104 valence electrons. The average Bonchev–Trinajstić information content (AvgIpc) is 2.42. The molecule has 0 aliphatic carbocycles. The monoisotopic (exact) mass is 318 g/mol. The first kappa shape index (κ1) is 15.0. The highest BCUT2D eigenvalue weighted by Crippen LogP contribution is 2.24. The van der Waals surface area contributed by atoms with Crippen molar-refractivity contribution >= 4 is 40.8 Å². The molecule has 1 atom stereocenters. The van der Waals surface area contributed by atoms with Gasteiger partial charge in [-0.05, 0) is 11.6 Å². The van der Waals surface area contributed by atoms with E-state index in [-0.39, 0.29) is 5.69 Å². The van der Waals surface area contributed by atoms with Gasteiger partial charge in [-0.15, -0.1) is 0 Å². The van der Waals surface area contributed by atoms with Crippen LogP contribution in [0.1, 0.15) is 5.56 Å². The average molecular weight is 319 g/mol. The molecule has 0 radical (unpaired) electrons. The molecule has 1 aromatic carbocycles. The van der Waals surface area contributed by atoms with Gasteiger partial charge in [-0.25, -0.2) is 0 Å². The van der Waals surface area contributed by atoms with Crippen LogP contribution < -0.4 is 5.32 Å². The van der Waals surface area contributed by atoms with Gasteiger partial charge in [-0.3, -0.25) is 10.1 Å². The minimum Gasteiger partial charge on any atom is -0.311 e. The summed E-state index contributed by atoms with van der Waals surface area (Å²) in [6.45, 7) is 1.49.